The van der Waals surface area contributed by atoms with Crippen molar-refractivity contribution in [2.24, 2.45) is 5.92 Å². The second-order valence-electron chi connectivity index (χ2n) is 6.75. The van der Waals surface area contributed by atoms with E-state index in [-0.39, 0.29) is 0 Å². The van der Waals surface area contributed by atoms with Crippen LogP contribution in [0, 0.1) is 5.92 Å². The van der Waals surface area contributed by atoms with Crippen LogP contribution in [0.15, 0.2) is 24.3 Å². The molecule has 2 nitrogen and oxygen atoms in total. The lowest BCUT2D eigenvalue weighted by atomic mass is 9.88. The third-order valence-corrected chi connectivity index (χ3v) is 4.56. The molecule has 2 fully saturated rings. The van der Waals surface area contributed by atoms with Gasteiger partial charge in [0.05, 0.1) is 6.10 Å². The quantitative estimate of drug-likeness (QED) is 0.842. The molecule has 1 aromatic carbocycles. The largest absolute Gasteiger partial charge is 0.490 e. The standard InChI is InChI=1S/C18H27NO/c1-13(2)19-12-15-6-4-8-18(15)14-5-3-7-17(11-14)20-16-9-10-16/h3,5,7,11,13,15-16,18-19H,4,6,8-10,12H2,1-2H3. The number of benzene rings is 1. The van der Waals surface area contributed by atoms with Crippen molar-refractivity contribution in [3.05, 3.63) is 29.8 Å². The van der Waals surface area contributed by atoms with Gasteiger partial charge in [-0.3, -0.25) is 0 Å². The maximum absolute atomic E-state index is 5.94. The molecule has 0 aliphatic heterocycles. The molecule has 2 heteroatoms. The lowest BCUT2D eigenvalue weighted by molar-refractivity contribution is 0.302. The average Bonchev–Trinajstić information content (AvgIpc) is 3.11. The van der Waals surface area contributed by atoms with Gasteiger partial charge in [-0.25, -0.2) is 0 Å². The number of nitrogens with one attached hydrogen (secondary N) is 1. The number of ether oxygens (including phenoxy) is 1. The third-order valence-electron chi connectivity index (χ3n) is 4.56. The average molecular weight is 273 g/mol. The summed E-state index contributed by atoms with van der Waals surface area (Å²) in [4.78, 5) is 0. The van der Waals surface area contributed by atoms with Gasteiger partial charge in [-0.15, -0.1) is 0 Å². The van der Waals surface area contributed by atoms with Crippen molar-refractivity contribution in [1.82, 2.24) is 5.32 Å². The van der Waals surface area contributed by atoms with E-state index in [1.54, 1.807) is 0 Å². The molecule has 2 saturated carbocycles. The first-order valence-corrected chi connectivity index (χ1v) is 8.22. The molecule has 3 rings (SSSR count). The van der Waals surface area contributed by atoms with Gasteiger partial charge in [0.15, 0.2) is 0 Å². The van der Waals surface area contributed by atoms with Gasteiger partial charge in [-0.05, 0) is 61.8 Å². The Morgan fingerprint density at radius 3 is 2.80 bits per heavy atom. The van der Waals surface area contributed by atoms with Crippen LogP contribution in [-0.2, 0) is 0 Å². The highest BCUT2D eigenvalue weighted by Crippen LogP contribution is 2.40. The van der Waals surface area contributed by atoms with E-state index < -0.39 is 0 Å². The van der Waals surface area contributed by atoms with E-state index in [2.05, 4.69) is 43.4 Å². The van der Waals surface area contributed by atoms with Crippen molar-refractivity contribution in [2.75, 3.05) is 6.54 Å². The summed E-state index contributed by atoms with van der Waals surface area (Å²) in [6.07, 6.45) is 7.01. The summed E-state index contributed by atoms with van der Waals surface area (Å²) in [5, 5.41) is 3.61. The van der Waals surface area contributed by atoms with Gasteiger partial charge >= 0.3 is 0 Å². The third kappa shape index (κ3) is 3.54. The van der Waals surface area contributed by atoms with Crippen LogP contribution in [-0.4, -0.2) is 18.7 Å². The van der Waals surface area contributed by atoms with Gasteiger partial charge in [-0.2, -0.15) is 0 Å². The molecule has 0 heterocycles. The summed E-state index contributed by atoms with van der Waals surface area (Å²) in [5.41, 5.74) is 1.48. The van der Waals surface area contributed by atoms with Gasteiger partial charge in [0.2, 0.25) is 0 Å². The van der Waals surface area contributed by atoms with E-state index in [0.717, 1.165) is 18.2 Å². The summed E-state index contributed by atoms with van der Waals surface area (Å²) < 4.78 is 5.94. The van der Waals surface area contributed by atoms with Crippen LogP contribution >= 0.6 is 0 Å². The minimum Gasteiger partial charge on any atom is -0.490 e. The van der Waals surface area contributed by atoms with Crippen LogP contribution in [0.5, 0.6) is 5.75 Å². The van der Waals surface area contributed by atoms with Crippen molar-refractivity contribution in [3.63, 3.8) is 0 Å². The minimum absolute atomic E-state index is 0.493. The summed E-state index contributed by atoms with van der Waals surface area (Å²) in [6, 6.07) is 9.44. The highest BCUT2D eigenvalue weighted by Gasteiger charge is 2.29. The van der Waals surface area contributed by atoms with Crippen molar-refractivity contribution < 1.29 is 4.74 Å². The van der Waals surface area contributed by atoms with Crippen LogP contribution in [0.2, 0.25) is 0 Å². The van der Waals surface area contributed by atoms with Gasteiger partial charge in [0, 0.05) is 6.04 Å². The van der Waals surface area contributed by atoms with Crippen LogP contribution < -0.4 is 10.1 Å². The summed E-state index contributed by atoms with van der Waals surface area (Å²) in [5.74, 6) is 2.57. The Labute approximate surface area is 122 Å². The van der Waals surface area contributed by atoms with Gasteiger partial charge in [0.1, 0.15) is 5.75 Å². The Balaban J connectivity index is 1.66. The zero-order valence-corrected chi connectivity index (χ0v) is 12.8. The Morgan fingerprint density at radius 1 is 1.20 bits per heavy atom. The molecule has 1 aromatic rings. The summed E-state index contributed by atoms with van der Waals surface area (Å²) in [6.45, 7) is 5.61. The second-order valence-corrected chi connectivity index (χ2v) is 6.75. The van der Waals surface area contributed by atoms with Crippen LogP contribution in [0.3, 0.4) is 0 Å². The summed E-state index contributed by atoms with van der Waals surface area (Å²) >= 11 is 0. The molecule has 0 amide bonds. The topological polar surface area (TPSA) is 21.3 Å². The fourth-order valence-corrected chi connectivity index (χ4v) is 3.30. The van der Waals surface area contributed by atoms with E-state index in [4.69, 9.17) is 4.74 Å². The van der Waals surface area contributed by atoms with Gasteiger partial charge in [-0.1, -0.05) is 32.4 Å². The maximum Gasteiger partial charge on any atom is 0.120 e. The number of rotatable bonds is 6. The van der Waals surface area contributed by atoms with Gasteiger partial charge < -0.3 is 10.1 Å². The maximum atomic E-state index is 5.94. The van der Waals surface area contributed by atoms with Gasteiger partial charge in [0.25, 0.3) is 0 Å². The fraction of sp³-hybridized carbons (Fsp3) is 0.667. The Bertz CT molecular complexity index is 439. The predicted molar refractivity (Wildman–Crippen MR) is 83.3 cm³/mol. The molecule has 0 aromatic heterocycles. The highest BCUT2D eigenvalue weighted by atomic mass is 16.5. The van der Waals surface area contributed by atoms with Crippen LogP contribution in [0.25, 0.3) is 0 Å². The normalized spacial score (nSPS) is 26.1. The number of hydrogen-bond acceptors (Lipinski definition) is 2. The molecule has 0 saturated heterocycles. The van der Waals surface area contributed by atoms with Crippen LogP contribution in [0.1, 0.15) is 57.4 Å². The highest BCUT2D eigenvalue weighted by molar-refractivity contribution is 5.32. The molecule has 0 bridgehead atoms. The van der Waals surface area contributed by atoms with E-state index in [1.165, 1.54) is 37.7 Å². The zero-order chi connectivity index (χ0) is 13.9. The molecule has 2 atom stereocenters. The monoisotopic (exact) mass is 273 g/mol. The molecule has 2 aliphatic carbocycles. The SMILES string of the molecule is CC(C)NCC1CCCC1c1cccc(OC2CC2)c1. The van der Waals surface area contributed by atoms with Crippen molar-refractivity contribution in [2.45, 2.75) is 64.0 Å². The Morgan fingerprint density at radius 2 is 2.05 bits per heavy atom. The van der Waals surface area contributed by atoms with Crippen LogP contribution in [0.4, 0.5) is 0 Å². The minimum atomic E-state index is 0.493. The zero-order valence-electron chi connectivity index (χ0n) is 12.8. The van der Waals surface area contributed by atoms with E-state index in [1.807, 2.05) is 0 Å². The molecule has 0 spiro atoms. The molecule has 20 heavy (non-hydrogen) atoms. The molecule has 0 radical (unpaired) electrons. The lowest BCUT2D eigenvalue weighted by Gasteiger charge is -2.22. The molecule has 2 unspecified atom stereocenters. The smallest absolute Gasteiger partial charge is 0.120 e. The Hall–Kier alpha value is -1.02. The van der Waals surface area contributed by atoms with Crippen molar-refractivity contribution in [3.8, 4) is 5.75 Å². The molecule has 2 aliphatic rings. The lowest BCUT2D eigenvalue weighted by Crippen LogP contribution is -2.30. The van der Waals surface area contributed by atoms with E-state index >= 15 is 0 Å². The second kappa shape index (κ2) is 6.17. The molecule has 1 N–H and O–H groups in total. The Kier molecular flexibility index (Phi) is 4.30. The van der Waals surface area contributed by atoms with E-state index in [9.17, 15) is 0 Å². The molecular weight excluding hydrogens is 246 g/mol. The first-order chi connectivity index (χ1) is 9.72. The first-order valence-electron chi connectivity index (χ1n) is 8.22. The van der Waals surface area contributed by atoms with E-state index in [0.29, 0.717) is 18.1 Å². The predicted octanol–water partition coefficient (Wildman–Crippen LogP) is 4.11. The molecule has 110 valence electrons. The summed E-state index contributed by atoms with van der Waals surface area (Å²) in [7, 11) is 0. The molecular formula is C18H27NO. The van der Waals surface area contributed by atoms with Crippen molar-refractivity contribution in [1.29, 1.82) is 0 Å². The first kappa shape index (κ1) is 13.9. The number of hydrogen-bond donors (Lipinski definition) is 1. The fourth-order valence-electron chi connectivity index (χ4n) is 3.30. The van der Waals surface area contributed by atoms with Crippen molar-refractivity contribution >= 4 is 0 Å².